The number of ether oxygens (including phenoxy) is 1. The van der Waals surface area contributed by atoms with E-state index in [1.807, 2.05) is 0 Å². The van der Waals surface area contributed by atoms with Gasteiger partial charge in [-0.05, 0) is 0 Å². The van der Waals surface area contributed by atoms with E-state index in [9.17, 15) is 9.59 Å². The highest BCUT2D eigenvalue weighted by atomic mass is 16.5. The molecule has 1 aromatic rings. The Bertz CT molecular complexity index is 500. The van der Waals surface area contributed by atoms with Crippen LogP contribution in [0.3, 0.4) is 0 Å². The molecule has 1 unspecified atom stereocenters. The first kappa shape index (κ1) is 14.5. The second kappa shape index (κ2) is 6.04. The lowest BCUT2D eigenvalue weighted by atomic mass is 10.1. The van der Waals surface area contributed by atoms with Gasteiger partial charge in [0.1, 0.15) is 0 Å². The van der Waals surface area contributed by atoms with Crippen LogP contribution in [-0.2, 0) is 21.4 Å². The van der Waals surface area contributed by atoms with Gasteiger partial charge in [-0.3, -0.25) is 14.3 Å². The van der Waals surface area contributed by atoms with Crippen molar-refractivity contribution >= 4 is 17.5 Å². The standard InChI is InChI=1S/C13H20N4O3/c1-15-9-11(7-14-15)16(2)13(19)10-6-12(18)17(8-10)4-5-20-3/h7,9-10H,4-6,8H2,1-3H3. The molecule has 2 rings (SSSR count). The quantitative estimate of drug-likeness (QED) is 0.754. The first-order valence-corrected chi connectivity index (χ1v) is 6.56. The van der Waals surface area contributed by atoms with Crippen LogP contribution in [0.25, 0.3) is 0 Å². The molecule has 0 radical (unpaired) electrons. The zero-order valence-electron chi connectivity index (χ0n) is 12.1. The summed E-state index contributed by atoms with van der Waals surface area (Å²) >= 11 is 0. The number of anilines is 1. The molecule has 1 fully saturated rings. The molecule has 7 nitrogen and oxygen atoms in total. The maximum Gasteiger partial charge on any atom is 0.232 e. The van der Waals surface area contributed by atoms with E-state index < -0.39 is 0 Å². The van der Waals surface area contributed by atoms with E-state index in [0.29, 0.717) is 19.7 Å². The van der Waals surface area contributed by atoms with Gasteiger partial charge in [-0.25, -0.2) is 0 Å². The summed E-state index contributed by atoms with van der Waals surface area (Å²) in [7, 11) is 5.11. The molecule has 0 saturated carbocycles. The third-order valence-corrected chi connectivity index (χ3v) is 3.54. The van der Waals surface area contributed by atoms with Crippen molar-refractivity contribution in [2.24, 2.45) is 13.0 Å². The summed E-state index contributed by atoms with van der Waals surface area (Å²) in [6.07, 6.45) is 3.68. The minimum absolute atomic E-state index is 0.0139. The van der Waals surface area contributed by atoms with Gasteiger partial charge in [0.2, 0.25) is 11.8 Å². The number of amides is 2. The lowest BCUT2D eigenvalue weighted by Gasteiger charge is -2.20. The number of carbonyl (C=O) groups is 2. The predicted octanol–water partition coefficient (Wildman–Crippen LogP) is -0.122. The largest absolute Gasteiger partial charge is 0.383 e. The fourth-order valence-electron chi connectivity index (χ4n) is 2.34. The number of hydrogen-bond donors (Lipinski definition) is 0. The Morgan fingerprint density at radius 2 is 2.35 bits per heavy atom. The molecule has 0 bridgehead atoms. The Kier molecular flexibility index (Phi) is 4.39. The average molecular weight is 280 g/mol. The highest BCUT2D eigenvalue weighted by molar-refractivity contribution is 5.98. The van der Waals surface area contributed by atoms with Gasteiger partial charge in [-0.1, -0.05) is 0 Å². The van der Waals surface area contributed by atoms with Crippen molar-refractivity contribution in [3.63, 3.8) is 0 Å². The summed E-state index contributed by atoms with van der Waals surface area (Å²) in [4.78, 5) is 27.5. The van der Waals surface area contributed by atoms with Gasteiger partial charge in [0.25, 0.3) is 0 Å². The van der Waals surface area contributed by atoms with Crippen LogP contribution >= 0.6 is 0 Å². The molecule has 1 atom stereocenters. The van der Waals surface area contributed by atoms with Crippen molar-refractivity contribution in [3.05, 3.63) is 12.4 Å². The van der Waals surface area contributed by atoms with Gasteiger partial charge in [0.15, 0.2) is 0 Å². The number of aromatic nitrogens is 2. The molecule has 0 N–H and O–H groups in total. The predicted molar refractivity (Wildman–Crippen MR) is 73.2 cm³/mol. The molecule has 0 aromatic carbocycles. The van der Waals surface area contributed by atoms with E-state index in [1.54, 1.807) is 48.1 Å². The Morgan fingerprint density at radius 3 is 2.95 bits per heavy atom. The lowest BCUT2D eigenvalue weighted by Crippen LogP contribution is -2.35. The smallest absolute Gasteiger partial charge is 0.232 e. The molecule has 20 heavy (non-hydrogen) atoms. The monoisotopic (exact) mass is 280 g/mol. The fourth-order valence-corrected chi connectivity index (χ4v) is 2.34. The highest BCUT2D eigenvalue weighted by Crippen LogP contribution is 2.22. The van der Waals surface area contributed by atoms with Crippen LogP contribution in [0, 0.1) is 5.92 Å². The zero-order valence-corrected chi connectivity index (χ0v) is 12.1. The number of hydrogen-bond acceptors (Lipinski definition) is 4. The van der Waals surface area contributed by atoms with Crippen LogP contribution in [0.1, 0.15) is 6.42 Å². The molecule has 2 amide bonds. The summed E-state index contributed by atoms with van der Waals surface area (Å²) in [5.74, 6) is -0.323. The van der Waals surface area contributed by atoms with E-state index in [0.717, 1.165) is 5.69 Å². The lowest BCUT2D eigenvalue weighted by molar-refractivity contribution is -0.128. The second-order valence-electron chi connectivity index (χ2n) is 5.00. The van der Waals surface area contributed by atoms with Crippen LogP contribution in [0.2, 0.25) is 0 Å². The van der Waals surface area contributed by atoms with Crippen molar-refractivity contribution in [1.82, 2.24) is 14.7 Å². The molecule has 2 heterocycles. The molecule has 7 heteroatoms. The molecule has 1 aliphatic heterocycles. The maximum absolute atomic E-state index is 12.4. The van der Waals surface area contributed by atoms with Crippen molar-refractivity contribution < 1.29 is 14.3 Å². The zero-order chi connectivity index (χ0) is 14.7. The first-order chi connectivity index (χ1) is 9.52. The number of likely N-dealkylation sites (tertiary alicyclic amines) is 1. The Hall–Kier alpha value is -1.89. The van der Waals surface area contributed by atoms with Crippen LogP contribution in [0.15, 0.2) is 12.4 Å². The number of carbonyl (C=O) groups excluding carboxylic acids is 2. The van der Waals surface area contributed by atoms with Gasteiger partial charge in [-0.15, -0.1) is 0 Å². The van der Waals surface area contributed by atoms with Gasteiger partial charge < -0.3 is 14.5 Å². The molecule has 1 aromatic heterocycles. The summed E-state index contributed by atoms with van der Waals surface area (Å²) < 4.78 is 6.61. The third kappa shape index (κ3) is 2.98. The topological polar surface area (TPSA) is 67.7 Å². The van der Waals surface area contributed by atoms with E-state index in [4.69, 9.17) is 4.74 Å². The summed E-state index contributed by atoms with van der Waals surface area (Å²) in [5, 5.41) is 4.05. The third-order valence-electron chi connectivity index (χ3n) is 3.54. The van der Waals surface area contributed by atoms with E-state index in [2.05, 4.69) is 5.10 Å². The van der Waals surface area contributed by atoms with E-state index in [1.165, 1.54) is 0 Å². The van der Waals surface area contributed by atoms with Crippen LogP contribution < -0.4 is 4.90 Å². The molecular weight excluding hydrogens is 260 g/mol. The minimum Gasteiger partial charge on any atom is -0.383 e. The van der Waals surface area contributed by atoms with Crippen LogP contribution in [-0.4, -0.2) is 60.3 Å². The Morgan fingerprint density at radius 1 is 1.60 bits per heavy atom. The minimum atomic E-state index is -0.287. The summed E-state index contributed by atoms with van der Waals surface area (Å²) in [5.41, 5.74) is 0.736. The normalized spacial score (nSPS) is 18.6. The fraction of sp³-hybridized carbons (Fsp3) is 0.615. The number of nitrogens with zero attached hydrogens (tertiary/aromatic N) is 4. The number of rotatable bonds is 5. The molecular formula is C13H20N4O3. The SMILES string of the molecule is COCCN1CC(C(=O)N(C)c2cnn(C)c2)CC1=O. The van der Waals surface area contributed by atoms with Crippen LogP contribution in [0.4, 0.5) is 5.69 Å². The van der Waals surface area contributed by atoms with Gasteiger partial charge in [0, 0.05) is 46.9 Å². The molecule has 1 aliphatic rings. The van der Waals surface area contributed by atoms with Gasteiger partial charge in [0.05, 0.1) is 24.4 Å². The Labute approximate surface area is 118 Å². The Balaban J connectivity index is 1.98. The van der Waals surface area contributed by atoms with Crippen molar-refractivity contribution in [1.29, 1.82) is 0 Å². The first-order valence-electron chi connectivity index (χ1n) is 6.56. The summed E-state index contributed by atoms with van der Waals surface area (Å²) in [6.45, 7) is 1.49. The number of aryl methyl sites for hydroxylation is 1. The van der Waals surface area contributed by atoms with Crippen molar-refractivity contribution in [3.8, 4) is 0 Å². The van der Waals surface area contributed by atoms with E-state index in [-0.39, 0.29) is 24.2 Å². The average Bonchev–Trinajstić information content (AvgIpc) is 3.01. The van der Waals surface area contributed by atoms with Crippen molar-refractivity contribution in [2.75, 3.05) is 38.8 Å². The van der Waals surface area contributed by atoms with E-state index >= 15 is 0 Å². The van der Waals surface area contributed by atoms with Gasteiger partial charge >= 0.3 is 0 Å². The molecule has 110 valence electrons. The second-order valence-corrected chi connectivity index (χ2v) is 5.00. The maximum atomic E-state index is 12.4. The molecule has 0 spiro atoms. The number of methoxy groups -OCH3 is 1. The van der Waals surface area contributed by atoms with Gasteiger partial charge in [-0.2, -0.15) is 5.10 Å². The van der Waals surface area contributed by atoms with Crippen molar-refractivity contribution in [2.45, 2.75) is 6.42 Å². The molecule has 1 saturated heterocycles. The van der Waals surface area contributed by atoms with Crippen LogP contribution in [0.5, 0.6) is 0 Å². The highest BCUT2D eigenvalue weighted by Gasteiger charge is 2.35. The summed E-state index contributed by atoms with van der Waals surface area (Å²) in [6, 6.07) is 0. The molecule has 0 aliphatic carbocycles.